The largest absolute Gasteiger partial charge is 0.325 e. The minimum absolute atomic E-state index is 0.0283. The van der Waals surface area contributed by atoms with E-state index in [9.17, 15) is 14.4 Å². The summed E-state index contributed by atoms with van der Waals surface area (Å²) >= 11 is 0. The van der Waals surface area contributed by atoms with Crippen LogP contribution in [0.1, 0.15) is 59.9 Å². The van der Waals surface area contributed by atoms with Crippen molar-refractivity contribution in [1.82, 2.24) is 24.8 Å². The van der Waals surface area contributed by atoms with Gasteiger partial charge in [-0.2, -0.15) is 0 Å². The Kier molecular flexibility index (Phi) is 6.50. The molecule has 35 heavy (non-hydrogen) atoms. The highest BCUT2D eigenvalue weighted by atomic mass is 16.5. The number of urea groups is 1. The van der Waals surface area contributed by atoms with E-state index in [4.69, 9.17) is 10.2 Å². The van der Waals surface area contributed by atoms with Gasteiger partial charge in [-0.15, -0.1) is 0 Å². The molecule has 3 amide bonds. The van der Waals surface area contributed by atoms with Crippen molar-refractivity contribution in [3.63, 3.8) is 0 Å². The van der Waals surface area contributed by atoms with Crippen LogP contribution in [-0.4, -0.2) is 56.1 Å². The average Bonchev–Trinajstić information content (AvgIpc) is 3.40. The first-order valence-corrected chi connectivity index (χ1v) is 12.1. The molecule has 3 aromatic rings. The minimum atomic E-state index is -0.598. The maximum Gasteiger partial charge on any atom is 0.320 e. The van der Waals surface area contributed by atoms with Crippen LogP contribution in [0.2, 0.25) is 0 Å². The third-order valence-corrected chi connectivity index (χ3v) is 6.97. The molecule has 1 aromatic heterocycles. The van der Waals surface area contributed by atoms with Crippen molar-refractivity contribution in [2.45, 2.75) is 44.7 Å². The van der Waals surface area contributed by atoms with Gasteiger partial charge in [-0.3, -0.25) is 19.4 Å². The Hall–Kier alpha value is -3.72. The smallest absolute Gasteiger partial charge is 0.320 e. The van der Waals surface area contributed by atoms with Crippen LogP contribution < -0.4 is 11.0 Å². The highest BCUT2D eigenvalue weighted by Crippen LogP contribution is 2.33. The van der Waals surface area contributed by atoms with E-state index in [1.54, 1.807) is 40.4 Å². The lowest BCUT2D eigenvalue weighted by atomic mass is 10.1. The van der Waals surface area contributed by atoms with Gasteiger partial charge >= 0.3 is 6.03 Å². The topological polar surface area (TPSA) is 108 Å². The summed E-state index contributed by atoms with van der Waals surface area (Å²) in [7, 11) is 0. The van der Waals surface area contributed by atoms with Crippen molar-refractivity contribution in [2.75, 3.05) is 19.6 Å². The molecule has 0 radical (unpaired) electrons. The summed E-state index contributed by atoms with van der Waals surface area (Å²) < 4.78 is 1.66. The zero-order valence-corrected chi connectivity index (χ0v) is 19.5. The number of amides is 3. The molecule has 0 aliphatic carbocycles. The first kappa shape index (κ1) is 23.0. The molecule has 5 rings (SSSR count). The Morgan fingerprint density at radius 2 is 1.71 bits per heavy atom. The number of carbonyl (C=O) groups is 2. The molecule has 9 heteroatoms. The summed E-state index contributed by atoms with van der Waals surface area (Å²) in [6.07, 6.45) is 4.80. The third kappa shape index (κ3) is 4.51. The Bertz CT molecular complexity index is 1300. The van der Waals surface area contributed by atoms with Gasteiger partial charge in [-0.25, -0.2) is 15.3 Å². The van der Waals surface area contributed by atoms with Crippen molar-refractivity contribution in [2.24, 2.45) is 0 Å². The average molecular weight is 476 g/mol. The van der Waals surface area contributed by atoms with Crippen LogP contribution >= 0.6 is 0 Å². The van der Waals surface area contributed by atoms with E-state index in [2.05, 4.69) is 0 Å². The number of rotatable bonds is 4. The zero-order valence-electron chi connectivity index (χ0n) is 19.5. The van der Waals surface area contributed by atoms with Gasteiger partial charge in [0.25, 0.3) is 11.5 Å². The molecule has 0 saturated carbocycles. The van der Waals surface area contributed by atoms with Crippen molar-refractivity contribution in [1.29, 1.82) is 0 Å². The first-order valence-electron chi connectivity index (χ1n) is 12.1. The van der Waals surface area contributed by atoms with Crippen molar-refractivity contribution < 1.29 is 14.8 Å². The number of hydrogen-bond donors (Lipinski definition) is 2. The van der Waals surface area contributed by atoms with Crippen molar-refractivity contribution >= 4 is 22.8 Å². The quantitative estimate of drug-likeness (QED) is 0.445. The van der Waals surface area contributed by atoms with E-state index < -0.39 is 5.91 Å². The van der Waals surface area contributed by atoms with Gasteiger partial charge in [0.1, 0.15) is 5.82 Å². The van der Waals surface area contributed by atoms with Crippen molar-refractivity contribution in [3.05, 3.63) is 75.8 Å². The predicted octanol–water partition coefficient (Wildman–Crippen LogP) is 3.31. The normalized spacial score (nSPS) is 18.1. The number of aromatic nitrogens is 2. The molecular weight excluding hydrogens is 446 g/mol. The molecule has 2 saturated heterocycles. The lowest BCUT2D eigenvalue weighted by molar-refractivity contribution is 0.0706. The number of hydroxylamine groups is 1. The van der Waals surface area contributed by atoms with Gasteiger partial charge in [0.15, 0.2) is 0 Å². The number of fused-ring (bicyclic) bond motifs is 1. The van der Waals surface area contributed by atoms with Gasteiger partial charge in [0.2, 0.25) is 0 Å². The number of nitrogens with zero attached hydrogens (tertiary/aromatic N) is 4. The fourth-order valence-electron chi connectivity index (χ4n) is 5.13. The van der Waals surface area contributed by atoms with E-state index in [0.717, 1.165) is 50.8 Å². The highest BCUT2D eigenvalue weighted by molar-refractivity contribution is 5.93. The Morgan fingerprint density at radius 1 is 0.971 bits per heavy atom. The number of para-hydroxylation sites is 1. The molecular formula is C26H29N5O4. The highest BCUT2D eigenvalue weighted by Gasteiger charge is 2.36. The predicted molar refractivity (Wildman–Crippen MR) is 130 cm³/mol. The summed E-state index contributed by atoms with van der Waals surface area (Å²) in [5.74, 6) is -0.00617. The van der Waals surface area contributed by atoms with E-state index in [1.165, 1.54) is 0 Å². The molecule has 0 bridgehead atoms. The van der Waals surface area contributed by atoms with Crippen LogP contribution in [0.4, 0.5) is 4.79 Å². The molecule has 0 spiro atoms. The van der Waals surface area contributed by atoms with E-state index >= 15 is 0 Å². The van der Waals surface area contributed by atoms with Crippen LogP contribution in [0.3, 0.4) is 0 Å². The molecule has 2 aliphatic rings. The number of hydrogen-bond acceptors (Lipinski definition) is 5. The van der Waals surface area contributed by atoms with Crippen LogP contribution in [-0.2, 0) is 6.54 Å². The Morgan fingerprint density at radius 3 is 2.46 bits per heavy atom. The van der Waals surface area contributed by atoms with E-state index in [-0.39, 0.29) is 24.2 Å². The minimum Gasteiger partial charge on any atom is -0.325 e. The van der Waals surface area contributed by atoms with Gasteiger partial charge in [0, 0.05) is 25.2 Å². The fourth-order valence-corrected chi connectivity index (χ4v) is 5.13. The molecule has 2 N–H and O–H groups in total. The molecule has 3 heterocycles. The summed E-state index contributed by atoms with van der Waals surface area (Å²) in [6.45, 7) is 2.45. The van der Waals surface area contributed by atoms with Crippen LogP contribution in [0.5, 0.6) is 0 Å². The molecule has 0 unspecified atom stereocenters. The maximum atomic E-state index is 13.6. The van der Waals surface area contributed by atoms with E-state index in [1.807, 2.05) is 28.0 Å². The van der Waals surface area contributed by atoms with Gasteiger partial charge in [-0.05, 0) is 61.9 Å². The Labute approximate surface area is 202 Å². The molecule has 1 atom stereocenters. The van der Waals surface area contributed by atoms with Crippen LogP contribution in [0.15, 0.2) is 53.3 Å². The van der Waals surface area contributed by atoms with E-state index in [0.29, 0.717) is 28.8 Å². The number of likely N-dealkylation sites (tertiary alicyclic amines) is 2. The second-order valence-corrected chi connectivity index (χ2v) is 9.20. The number of benzene rings is 2. The maximum absolute atomic E-state index is 13.6. The molecule has 2 aliphatic heterocycles. The first-order chi connectivity index (χ1) is 17.1. The second-order valence-electron chi connectivity index (χ2n) is 9.20. The summed E-state index contributed by atoms with van der Waals surface area (Å²) in [5.41, 5.74) is 3.22. The van der Waals surface area contributed by atoms with Crippen molar-refractivity contribution in [3.8, 4) is 0 Å². The van der Waals surface area contributed by atoms with Crippen LogP contribution in [0, 0.1) is 0 Å². The molecule has 9 nitrogen and oxygen atoms in total. The summed E-state index contributed by atoms with van der Waals surface area (Å²) in [6, 6.07) is 13.7. The third-order valence-electron chi connectivity index (χ3n) is 6.97. The lowest BCUT2D eigenvalue weighted by Gasteiger charge is -2.34. The van der Waals surface area contributed by atoms with Gasteiger partial charge in [-0.1, -0.05) is 24.3 Å². The monoisotopic (exact) mass is 475 g/mol. The molecule has 2 aromatic carbocycles. The van der Waals surface area contributed by atoms with Crippen LogP contribution in [0.25, 0.3) is 10.9 Å². The molecule has 2 fully saturated rings. The summed E-state index contributed by atoms with van der Waals surface area (Å²) in [4.78, 5) is 47.4. The molecule has 182 valence electrons. The summed E-state index contributed by atoms with van der Waals surface area (Å²) in [5, 5.41) is 9.39. The fraction of sp³-hybridized carbons (Fsp3) is 0.385. The zero-order chi connectivity index (χ0) is 24.4. The standard InChI is InChI=1S/C26H29N5O4/c32-24(28-35)19-12-10-18(11-13-19)17-31-23(27-21-8-3-2-7-20(21)25(31)33)22-9-6-16-30(22)26(34)29-14-4-1-5-15-29/h2-3,7-8,10-13,22,35H,1,4-6,9,14-17H2,(H,28,32)/t22-/m0/s1. The Balaban J connectivity index is 1.54. The number of piperidine rings is 1. The van der Waals surface area contributed by atoms with Gasteiger partial charge in [0.05, 0.1) is 23.5 Å². The lowest BCUT2D eigenvalue weighted by Crippen LogP contribution is -2.46. The van der Waals surface area contributed by atoms with Gasteiger partial charge < -0.3 is 9.80 Å². The number of nitrogens with one attached hydrogen (secondary N) is 1. The second kappa shape index (κ2) is 9.87. The SMILES string of the molecule is O=C(NO)c1ccc(Cn2c([C@@H]3CCCN3C(=O)N3CCCCC3)nc3ccccc3c2=O)cc1. The number of carbonyl (C=O) groups excluding carboxylic acids is 2.